The van der Waals surface area contributed by atoms with E-state index in [0.29, 0.717) is 31.9 Å². The number of carboxylic acid groups (broad SMARTS) is 1. The smallest absolute Gasteiger partial charge is 0.336 e. The van der Waals surface area contributed by atoms with Gasteiger partial charge in [-0.25, -0.2) is 4.79 Å². The van der Waals surface area contributed by atoms with E-state index in [-0.39, 0.29) is 0 Å². The van der Waals surface area contributed by atoms with Crippen molar-refractivity contribution >= 4 is 17.3 Å². The van der Waals surface area contributed by atoms with Crippen LogP contribution < -0.4 is 14.8 Å². The number of fused-ring (bicyclic) bond motifs is 1. The zero-order valence-electron chi connectivity index (χ0n) is 11.3. The Kier molecular flexibility index (Phi) is 4.08. The van der Waals surface area contributed by atoms with Crippen molar-refractivity contribution in [2.24, 2.45) is 0 Å². The quantitative estimate of drug-likeness (QED) is 0.888. The van der Waals surface area contributed by atoms with Crippen molar-refractivity contribution in [3.8, 4) is 11.5 Å². The molecule has 21 heavy (non-hydrogen) atoms. The van der Waals surface area contributed by atoms with Crippen molar-refractivity contribution in [3.05, 3.63) is 45.6 Å². The van der Waals surface area contributed by atoms with Crippen LogP contribution in [0.25, 0.3) is 0 Å². The highest BCUT2D eigenvalue weighted by molar-refractivity contribution is 7.10. The van der Waals surface area contributed by atoms with Crippen molar-refractivity contribution < 1.29 is 19.4 Å². The predicted octanol–water partition coefficient (Wildman–Crippen LogP) is 2.51. The predicted molar refractivity (Wildman–Crippen MR) is 79.3 cm³/mol. The maximum absolute atomic E-state index is 10.8. The molecular formula is C15H15NO4S. The number of carbonyl (C=O) groups is 1. The van der Waals surface area contributed by atoms with Gasteiger partial charge >= 0.3 is 5.97 Å². The van der Waals surface area contributed by atoms with E-state index >= 15 is 0 Å². The molecule has 6 heteroatoms. The molecular weight excluding hydrogens is 290 g/mol. The molecule has 0 bridgehead atoms. The summed E-state index contributed by atoms with van der Waals surface area (Å²) in [5.74, 6) is 0.684. The van der Waals surface area contributed by atoms with Gasteiger partial charge in [-0.1, -0.05) is 6.07 Å². The molecule has 2 aromatic rings. The third-order valence-corrected chi connectivity index (χ3v) is 4.07. The molecule has 1 aromatic heterocycles. The number of hydrogen-bond donors (Lipinski definition) is 2. The number of ether oxygens (including phenoxy) is 2. The summed E-state index contributed by atoms with van der Waals surface area (Å²) in [4.78, 5) is 11.8. The maximum atomic E-state index is 10.8. The number of nitrogens with one attached hydrogen (secondary N) is 1. The molecule has 110 valence electrons. The second-order valence-corrected chi connectivity index (χ2v) is 5.68. The highest BCUT2D eigenvalue weighted by Gasteiger charge is 2.11. The Morgan fingerprint density at radius 1 is 1.19 bits per heavy atom. The van der Waals surface area contributed by atoms with Crippen LogP contribution in [0.1, 0.15) is 20.8 Å². The van der Waals surface area contributed by atoms with E-state index < -0.39 is 5.97 Å². The van der Waals surface area contributed by atoms with E-state index in [1.165, 1.54) is 11.3 Å². The van der Waals surface area contributed by atoms with E-state index in [2.05, 4.69) is 5.32 Å². The maximum Gasteiger partial charge on any atom is 0.336 e. The molecule has 1 aliphatic rings. The summed E-state index contributed by atoms with van der Waals surface area (Å²) in [6.45, 7) is 2.51. The van der Waals surface area contributed by atoms with Gasteiger partial charge in [0.15, 0.2) is 11.5 Å². The molecule has 0 saturated heterocycles. The molecule has 0 spiro atoms. The number of aromatic carboxylic acids is 1. The lowest BCUT2D eigenvalue weighted by molar-refractivity contribution is 0.0697. The van der Waals surface area contributed by atoms with Gasteiger partial charge in [0.25, 0.3) is 0 Å². The molecule has 0 radical (unpaired) electrons. The van der Waals surface area contributed by atoms with Gasteiger partial charge < -0.3 is 19.9 Å². The van der Waals surface area contributed by atoms with Crippen LogP contribution >= 0.6 is 11.3 Å². The first-order chi connectivity index (χ1) is 10.2. The van der Waals surface area contributed by atoms with E-state index in [0.717, 1.165) is 21.9 Å². The normalized spacial score (nSPS) is 13.1. The van der Waals surface area contributed by atoms with Gasteiger partial charge in [0.05, 0.1) is 5.56 Å². The minimum atomic E-state index is -0.885. The number of hydrogen-bond acceptors (Lipinski definition) is 5. The molecule has 2 N–H and O–H groups in total. The number of carboxylic acids is 1. The summed E-state index contributed by atoms with van der Waals surface area (Å²) in [6.07, 6.45) is 0. The molecule has 1 aliphatic heterocycles. The van der Waals surface area contributed by atoms with Gasteiger partial charge in [-0.15, -0.1) is 11.3 Å². The Bertz CT molecular complexity index is 653. The first-order valence-corrected chi connectivity index (χ1v) is 7.50. The fraction of sp³-hybridized carbons (Fsp3) is 0.267. The van der Waals surface area contributed by atoms with Crippen LogP contribution in [0.3, 0.4) is 0 Å². The van der Waals surface area contributed by atoms with Crippen LogP contribution in [0.4, 0.5) is 0 Å². The van der Waals surface area contributed by atoms with Gasteiger partial charge in [-0.3, -0.25) is 0 Å². The fourth-order valence-electron chi connectivity index (χ4n) is 2.11. The number of thiophene rings is 1. The molecule has 0 saturated carbocycles. The average Bonchev–Trinajstić information content (AvgIpc) is 2.96. The second kappa shape index (κ2) is 6.15. The third kappa shape index (κ3) is 3.34. The molecule has 0 atom stereocenters. The lowest BCUT2D eigenvalue weighted by atomic mass is 10.2. The average molecular weight is 305 g/mol. The van der Waals surface area contributed by atoms with Crippen LogP contribution in [-0.4, -0.2) is 24.3 Å². The fourth-order valence-corrected chi connectivity index (χ4v) is 2.94. The zero-order valence-corrected chi connectivity index (χ0v) is 12.1. The van der Waals surface area contributed by atoms with Gasteiger partial charge in [0, 0.05) is 23.3 Å². The van der Waals surface area contributed by atoms with Crippen molar-refractivity contribution in [3.63, 3.8) is 0 Å². The largest absolute Gasteiger partial charge is 0.486 e. The summed E-state index contributed by atoms with van der Waals surface area (Å²) in [7, 11) is 0. The minimum Gasteiger partial charge on any atom is -0.486 e. The first-order valence-electron chi connectivity index (χ1n) is 6.62. The summed E-state index contributed by atoms with van der Waals surface area (Å²) < 4.78 is 11.0. The second-order valence-electron chi connectivity index (χ2n) is 4.69. The van der Waals surface area contributed by atoms with E-state index in [1.807, 2.05) is 18.2 Å². The molecule has 5 nitrogen and oxygen atoms in total. The van der Waals surface area contributed by atoms with Crippen molar-refractivity contribution in [1.29, 1.82) is 0 Å². The Balaban J connectivity index is 1.56. The minimum absolute atomic E-state index is 0.344. The van der Waals surface area contributed by atoms with Crippen LogP contribution in [0.5, 0.6) is 11.5 Å². The Hall–Kier alpha value is -2.05. The number of rotatable bonds is 5. The summed E-state index contributed by atoms with van der Waals surface area (Å²) in [5.41, 5.74) is 1.45. The Labute approximate surface area is 126 Å². The van der Waals surface area contributed by atoms with Gasteiger partial charge in [-0.2, -0.15) is 0 Å². The molecule has 0 unspecified atom stereocenters. The number of benzene rings is 1. The van der Waals surface area contributed by atoms with E-state index in [1.54, 1.807) is 11.4 Å². The molecule has 3 rings (SSSR count). The van der Waals surface area contributed by atoms with Crippen molar-refractivity contribution in [1.82, 2.24) is 5.32 Å². The SMILES string of the molecule is O=C(O)c1csc(CNCc2ccc3c(c2)OCCO3)c1. The zero-order chi connectivity index (χ0) is 14.7. The van der Waals surface area contributed by atoms with Crippen LogP contribution in [0.15, 0.2) is 29.6 Å². The summed E-state index contributed by atoms with van der Waals surface area (Å²) in [5, 5.41) is 13.8. The highest BCUT2D eigenvalue weighted by Crippen LogP contribution is 2.30. The standard InChI is InChI=1S/C15H15NO4S/c17-15(18)11-6-12(21-9-11)8-16-7-10-1-2-13-14(5-10)20-4-3-19-13/h1-2,5-6,9,16H,3-4,7-8H2,(H,17,18). The topological polar surface area (TPSA) is 67.8 Å². The van der Waals surface area contributed by atoms with E-state index in [4.69, 9.17) is 14.6 Å². The Morgan fingerprint density at radius 3 is 2.76 bits per heavy atom. The lowest BCUT2D eigenvalue weighted by Gasteiger charge is -2.18. The van der Waals surface area contributed by atoms with Crippen molar-refractivity contribution in [2.45, 2.75) is 13.1 Å². The molecule has 2 heterocycles. The van der Waals surface area contributed by atoms with Gasteiger partial charge in [0.2, 0.25) is 0 Å². The van der Waals surface area contributed by atoms with Crippen LogP contribution in [-0.2, 0) is 13.1 Å². The molecule has 0 fully saturated rings. The van der Waals surface area contributed by atoms with E-state index in [9.17, 15) is 4.79 Å². The lowest BCUT2D eigenvalue weighted by Crippen LogP contribution is -2.16. The molecule has 0 amide bonds. The molecule has 1 aromatic carbocycles. The highest BCUT2D eigenvalue weighted by atomic mass is 32.1. The van der Waals surface area contributed by atoms with Gasteiger partial charge in [-0.05, 0) is 23.8 Å². The Morgan fingerprint density at radius 2 is 2.00 bits per heavy atom. The van der Waals surface area contributed by atoms with Crippen LogP contribution in [0, 0.1) is 0 Å². The summed E-state index contributed by atoms with van der Waals surface area (Å²) in [6, 6.07) is 7.58. The van der Waals surface area contributed by atoms with Crippen LogP contribution in [0.2, 0.25) is 0 Å². The first kappa shape index (κ1) is 13.9. The van der Waals surface area contributed by atoms with Crippen molar-refractivity contribution in [2.75, 3.05) is 13.2 Å². The monoisotopic (exact) mass is 305 g/mol. The summed E-state index contributed by atoms with van der Waals surface area (Å²) >= 11 is 1.45. The third-order valence-electron chi connectivity index (χ3n) is 3.14. The van der Waals surface area contributed by atoms with Gasteiger partial charge in [0.1, 0.15) is 13.2 Å². The molecule has 0 aliphatic carbocycles.